The lowest BCUT2D eigenvalue weighted by atomic mass is 10.1. The van der Waals surface area contributed by atoms with Crippen molar-refractivity contribution >= 4 is 39.1 Å². The monoisotopic (exact) mass is 445 g/mol. The Labute approximate surface area is 166 Å². The highest BCUT2D eigenvalue weighted by Gasteiger charge is 2.26. The highest BCUT2D eigenvalue weighted by molar-refractivity contribution is 9.10. The Morgan fingerprint density at radius 2 is 2.00 bits per heavy atom. The van der Waals surface area contributed by atoms with Gasteiger partial charge in [-0.2, -0.15) is 4.98 Å². The number of nitro benzene ring substituents is 1. The number of aromatic nitrogens is 3. The number of nitro groups is 1. The van der Waals surface area contributed by atoms with Gasteiger partial charge in [-0.15, -0.1) is 10.2 Å². The molecule has 136 valence electrons. The maximum Gasteiger partial charge on any atom is 0.269 e. The molecule has 3 aromatic rings. The largest absolute Gasteiger partial charge is 0.448 e. The van der Waals surface area contributed by atoms with E-state index in [9.17, 15) is 10.1 Å². The van der Waals surface area contributed by atoms with E-state index in [1.807, 2.05) is 24.5 Å². The number of benzene rings is 2. The van der Waals surface area contributed by atoms with Crippen molar-refractivity contribution in [1.82, 2.24) is 15.2 Å². The van der Waals surface area contributed by atoms with Crippen molar-refractivity contribution in [3.8, 4) is 17.1 Å². The van der Waals surface area contributed by atoms with Gasteiger partial charge in [-0.25, -0.2) is 0 Å². The van der Waals surface area contributed by atoms with Crippen LogP contribution in [0.3, 0.4) is 0 Å². The standard InChI is InChI=1S/C17H12BrN5O3S/c1-27-17-20-16-14(21-22-17)12-8-10(18)4-7-13(12)19-15(26-16)9-2-5-11(6-3-9)23(24)25/h2-8,15,19H,1H3/t15-/m1/s1. The first-order chi connectivity index (χ1) is 13.0. The maximum absolute atomic E-state index is 10.9. The molecule has 0 bridgehead atoms. The molecule has 4 rings (SSSR count). The van der Waals surface area contributed by atoms with Crippen molar-refractivity contribution in [3.63, 3.8) is 0 Å². The van der Waals surface area contributed by atoms with Crippen LogP contribution in [0.25, 0.3) is 11.3 Å². The highest BCUT2D eigenvalue weighted by atomic mass is 79.9. The van der Waals surface area contributed by atoms with E-state index < -0.39 is 11.2 Å². The van der Waals surface area contributed by atoms with Crippen LogP contribution in [-0.4, -0.2) is 26.4 Å². The summed E-state index contributed by atoms with van der Waals surface area (Å²) in [6, 6.07) is 11.9. The van der Waals surface area contributed by atoms with E-state index in [0.29, 0.717) is 16.7 Å². The van der Waals surface area contributed by atoms with Gasteiger partial charge in [-0.1, -0.05) is 27.7 Å². The minimum absolute atomic E-state index is 0.0192. The predicted molar refractivity (Wildman–Crippen MR) is 105 cm³/mol. The van der Waals surface area contributed by atoms with Crippen LogP contribution in [0, 0.1) is 10.1 Å². The number of non-ortho nitro benzene ring substituents is 1. The van der Waals surface area contributed by atoms with Crippen LogP contribution >= 0.6 is 27.7 Å². The molecule has 0 amide bonds. The number of hydrogen-bond acceptors (Lipinski definition) is 8. The normalized spacial score (nSPS) is 15.0. The fraction of sp³-hybridized carbons (Fsp3) is 0.118. The lowest BCUT2D eigenvalue weighted by Crippen LogP contribution is -2.17. The van der Waals surface area contributed by atoms with Crippen molar-refractivity contribution in [3.05, 3.63) is 62.6 Å². The zero-order valence-corrected chi connectivity index (χ0v) is 16.3. The van der Waals surface area contributed by atoms with Gasteiger partial charge in [0.15, 0.2) is 11.9 Å². The Hall–Kier alpha value is -2.72. The summed E-state index contributed by atoms with van der Waals surface area (Å²) in [5.41, 5.74) is 2.88. The zero-order valence-electron chi connectivity index (χ0n) is 13.9. The summed E-state index contributed by atoms with van der Waals surface area (Å²) in [4.78, 5) is 14.9. The second-order valence-corrected chi connectivity index (χ2v) is 7.32. The van der Waals surface area contributed by atoms with Gasteiger partial charge >= 0.3 is 0 Å². The van der Waals surface area contributed by atoms with Gasteiger partial charge in [-0.05, 0) is 36.6 Å². The van der Waals surface area contributed by atoms with E-state index in [4.69, 9.17) is 4.74 Å². The van der Waals surface area contributed by atoms with E-state index in [1.165, 1.54) is 23.9 Å². The van der Waals surface area contributed by atoms with Crippen LogP contribution in [0.4, 0.5) is 11.4 Å². The molecule has 8 nitrogen and oxygen atoms in total. The number of fused-ring (bicyclic) bond motifs is 3. The van der Waals surface area contributed by atoms with E-state index in [1.54, 1.807) is 12.1 Å². The number of anilines is 1. The molecule has 10 heteroatoms. The van der Waals surface area contributed by atoms with Crippen LogP contribution in [0.2, 0.25) is 0 Å². The van der Waals surface area contributed by atoms with Gasteiger partial charge in [0.2, 0.25) is 11.0 Å². The summed E-state index contributed by atoms with van der Waals surface area (Å²) in [6.07, 6.45) is 1.27. The second-order valence-electron chi connectivity index (χ2n) is 5.63. The highest BCUT2D eigenvalue weighted by Crippen LogP contribution is 2.40. The second kappa shape index (κ2) is 7.12. The predicted octanol–water partition coefficient (Wildman–Crippen LogP) is 4.43. The van der Waals surface area contributed by atoms with Gasteiger partial charge in [0.25, 0.3) is 5.69 Å². The minimum atomic E-state index is -0.585. The number of ether oxygens (including phenoxy) is 1. The maximum atomic E-state index is 10.9. The third kappa shape index (κ3) is 3.45. The molecule has 27 heavy (non-hydrogen) atoms. The van der Waals surface area contributed by atoms with Gasteiger partial charge in [0, 0.05) is 33.4 Å². The van der Waals surface area contributed by atoms with Gasteiger partial charge < -0.3 is 10.1 Å². The molecular weight excluding hydrogens is 434 g/mol. The summed E-state index contributed by atoms with van der Waals surface area (Å²) in [5.74, 6) is 0.349. The Balaban J connectivity index is 1.82. The third-order valence-corrected chi connectivity index (χ3v) is 5.01. The zero-order chi connectivity index (χ0) is 19.0. The van der Waals surface area contributed by atoms with E-state index >= 15 is 0 Å². The lowest BCUT2D eigenvalue weighted by molar-refractivity contribution is -0.384. The molecule has 1 N–H and O–H groups in total. The summed E-state index contributed by atoms with van der Waals surface area (Å²) in [7, 11) is 0. The molecule has 0 spiro atoms. The Bertz CT molecular complexity index is 1030. The van der Waals surface area contributed by atoms with E-state index in [2.05, 4.69) is 36.4 Å². The van der Waals surface area contributed by atoms with Crippen molar-refractivity contribution in [2.45, 2.75) is 11.4 Å². The van der Waals surface area contributed by atoms with E-state index in [0.717, 1.165) is 21.3 Å². The number of nitrogens with zero attached hydrogens (tertiary/aromatic N) is 4. The summed E-state index contributed by atoms with van der Waals surface area (Å²) < 4.78 is 6.97. The number of nitrogens with one attached hydrogen (secondary N) is 1. The number of halogens is 1. The number of thioether (sulfide) groups is 1. The topological polar surface area (TPSA) is 103 Å². The lowest BCUT2D eigenvalue weighted by Gasteiger charge is -2.19. The molecule has 0 radical (unpaired) electrons. The molecule has 2 aromatic carbocycles. The van der Waals surface area contributed by atoms with Crippen molar-refractivity contribution in [2.75, 3.05) is 11.6 Å². The molecule has 0 fully saturated rings. The number of hydrogen-bond donors (Lipinski definition) is 1. The average Bonchev–Trinajstić information content (AvgIpc) is 2.84. The first-order valence-corrected chi connectivity index (χ1v) is 9.83. The summed E-state index contributed by atoms with van der Waals surface area (Å²) >= 11 is 4.84. The van der Waals surface area contributed by atoms with Crippen LogP contribution in [-0.2, 0) is 0 Å². The molecule has 0 aliphatic carbocycles. The van der Waals surface area contributed by atoms with Gasteiger partial charge in [-0.3, -0.25) is 10.1 Å². The first kappa shape index (κ1) is 17.7. The smallest absolute Gasteiger partial charge is 0.269 e. The third-order valence-electron chi connectivity index (χ3n) is 3.98. The first-order valence-electron chi connectivity index (χ1n) is 7.81. The molecule has 2 heterocycles. The minimum Gasteiger partial charge on any atom is -0.448 e. The van der Waals surface area contributed by atoms with Crippen LogP contribution < -0.4 is 10.1 Å². The number of rotatable bonds is 3. The summed E-state index contributed by atoms with van der Waals surface area (Å²) in [5, 5.41) is 23.1. The van der Waals surface area contributed by atoms with Crippen molar-refractivity contribution < 1.29 is 9.66 Å². The Morgan fingerprint density at radius 3 is 2.70 bits per heavy atom. The van der Waals surface area contributed by atoms with Crippen LogP contribution in [0.15, 0.2) is 52.1 Å². The molecular formula is C17H12BrN5O3S. The molecule has 0 saturated heterocycles. The summed E-state index contributed by atoms with van der Waals surface area (Å²) in [6.45, 7) is 0. The Kier molecular flexibility index (Phi) is 4.66. The van der Waals surface area contributed by atoms with Crippen LogP contribution in [0.1, 0.15) is 11.8 Å². The fourth-order valence-corrected chi connectivity index (χ4v) is 3.34. The fourth-order valence-electron chi connectivity index (χ4n) is 2.68. The van der Waals surface area contributed by atoms with Crippen molar-refractivity contribution in [2.24, 2.45) is 0 Å². The molecule has 1 aliphatic heterocycles. The molecule has 0 unspecified atom stereocenters. The molecule has 0 saturated carbocycles. The van der Waals surface area contributed by atoms with E-state index in [-0.39, 0.29) is 5.69 Å². The Morgan fingerprint density at radius 1 is 1.22 bits per heavy atom. The average molecular weight is 446 g/mol. The SMILES string of the molecule is CSc1nnc2c(n1)O[C@H](c1ccc([N+](=O)[O-])cc1)Nc1ccc(Br)cc1-2. The molecule has 1 aliphatic rings. The van der Waals surface area contributed by atoms with Gasteiger partial charge in [0.1, 0.15) is 0 Å². The van der Waals surface area contributed by atoms with Gasteiger partial charge in [0.05, 0.1) is 4.92 Å². The molecule has 1 atom stereocenters. The quantitative estimate of drug-likeness (QED) is 0.358. The van der Waals surface area contributed by atoms with Crippen LogP contribution in [0.5, 0.6) is 5.88 Å². The van der Waals surface area contributed by atoms with Crippen molar-refractivity contribution in [1.29, 1.82) is 0 Å². The molecule has 1 aromatic heterocycles.